The van der Waals surface area contributed by atoms with E-state index in [1.54, 1.807) is 11.3 Å². The van der Waals surface area contributed by atoms with E-state index in [0.29, 0.717) is 13.1 Å². The first kappa shape index (κ1) is 16.4. The molecule has 0 aliphatic carbocycles. The molecule has 6 nitrogen and oxygen atoms in total. The summed E-state index contributed by atoms with van der Waals surface area (Å²) in [5, 5.41) is 9.67. The number of aliphatic imine (C=N–C) groups is 1. The van der Waals surface area contributed by atoms with Crippen LogP contribution >= 0.6 is 11.3 Å². The van der Waals surface area contributed by atoms with Crippen LogP contribution in [0, 0.1) is 0 Å². The van der Waals surface area contributed by atoms with Crippen molar-refractivity contribution in [3.8, 4) is 0 Å². The van der Waals surface area contributed by atoms with Crippen molar-refractivity contribution in [1.82, 2.24) is 20.2 Å². The van der Waals surface area contributed by atoms with Gasteiger partial charge in [-0.3, -0.25) is 0 Å². The van der Waals surface area contributed by atoms with Crippen LogP contribution in [-0.2, 0) is 20.1 Å². The predicted octanol–water partition coefficient (Wildman–Crippen LogP) is 1.80. The number of nitrogens with one attached hydrogen (secondary N) is 2. The molecule has 0 bridgehead atoms. The molecule has 0 spiro atoms. The lowest BCUT2D eigenvalue weighted by molar-refractivity contribution is 0.802. The summed E-state index contributed by atoms with van der Waals surface area (Å²) in [6.45, 7) is 4.23. The largest absolute Gasteiger partial charge is 0.357 e. The maximum Gasteiger partial charge on any atom is 0.191 e. The second-order valence-corrected chi connectivity index (χ2v) is 6.09. The molecule has 0 fully saturated rings. The van der Waals surface area contributed by atoms with Crippen molar-refractivity contribution in [3.63, 3.8) is 0 Å². The van der Waals surface area contributed by atoms with E-state index in [-0.39, 0.29) is 0 Å². The molecule has 2 rings (SSSR count). The summed E-state index contributed by atoms with van der Waals surface area (Å²) in [5.41, 5.74) is 2.22. The zero-order valence-corrected chi connectivity index (χ0v) is 14.4. The molecule has 0 radical (unpaired) electrons. The van der Waals surface area contributed by atoms with Crippen LogP contribution in [-0.4, -0.2) is 36.2 Å². The fourth-order valence-corrected chi connectivity index (χ4v) is 2.68. The molecule has 0 aromatic carbocycles. The molecule has 2 N–H and O–H groups in total. The van der Waals surface area contributed by atoms with E-state index >= 15 is 0 Å². The molecule has 0 unspecified atom stereocenters. The summed E-state index contributed by atoms with van der Waals surface area (Å²) in [5.74, 6) is 0.811. The zero-order chi connectivity index (χ0) is 15.9. The zero-order valence-electron chi connectivity index (χ0n) is 13.6. The van der Waals surface area contributed by atoms with E-state index in [4.69, 9.17) is 0 Å². The van der Waals surface area contributed by atoms with Gasteiger partial charge in [0, 0.05) is 45.5 Å². The highest BCUT2D eigenvalue weighted by Crippen LogP contribution is 2.17. The number of rotatable bonds is 6. The third kappa shape index (κ3) is 4.77. The first-order valence-electron chi connectivity index (χ1n) is 7.33. The summed E-state index contributed by atoms with van der Waals surface area (Å²) in [4.78, 5) is 11.2. The van der Waals surface area contributed by atoms with Crippen molar-refractivity contribution in [2.24, 2.45) is 12.0 Å². The monoisotopic (exact) mass is 320 g/mol. The molecule has 7 heteroatoms. The van der Waals surface area contributed by atoms with Gasteiger partial charge in [-0.2, -0.15) is 0 Å². The SMILES string of the molecule is CCNC(=NCc1ccn(C)c1)NCc1csc(N(C)C)n1. The Bertz CT molecular complexity index is 613. The summed E-state index contributed by atoms with van der Waals surface area (Å²) >= 11 is 1.65. The second kappa shape index (κ2) is 7.84. The van der Waals surface area contributed by atoms with Gasteiger partial charge in [0.15, 0.2) is 11.1 Å². The quantitative estimate of drug-likeness (QED) is 0.629. The average Bonchev–Trinajstić information content (AvgIpc) is 3.11. The molecule has 0 aliphatic heterocycles. The Morgan fingerprint density at radius 2 is 2.23 bits per heavy atom. The van der Waals surface area contributed by atoms with Gasteiger partial charge >= 0.3 is 0 Å². The lowest BCUT2D eigenvalue weighted by Crippen LogP contribution is -2.36. The van der Waals surface area contributed by atoms with Crippen LogP contribution in [0.15, 0.2) is 28.8 Å². The van der Waals surface area contributed by atoms with Crippen LogP contribution in [0.1, 0.15) is 18.2 Å². The third-order valence-electron chi connectivity index (χ3n) is 3.02. The molecule has 0 aliphatic rings. The van der Waals surface area contributed by atoms with Crippen molar-refractivity contribution < 1.29 is 0 Å². The number of guanidine groups is 1. The second-order valence-electron chi connectivity index (χ2n) is 5.25. The van der Waals surface area contributed by atoms with Crippen LogP contribution in [0.25, 0.3) is 0 Å². The van der Waals surface area contributed by atoms with Gasteiger partial charge in [-0.05, 0) is 18.6 Å². The number of hydrogen-bond acceptors (Lipinski definition) is 4. The Morgan fingerprint density at radius 3 is 2.82 bits per heavy atom. The maximum absolute atomic E-state index is 4.60. The fraction of sp³-hybridized carbons (Fsp3) is 0.467. The minimum atomic E-state index is 0.663. The molecule has 120 valence electrons. The first-order valence-corrected chi connectivity index (χ1v) is 8.21. The maximum atomic E-state index is 4.60. The van der Waals surface area contributed by atoms with Crippen molar-refractivity contribution >= 4 is 22.4 Å². The van der Waals surface area contributed by atoms with Crippen LogP contribution in [0.5, 0.6) is 0 Å². The van der Waals surface area contributed by atoms with Crippen molar-refractivity contribution in [2.75, 3.05) is 25.5 Å². The Balaban J connectivity index is 1.92. The molecule has 2 aromatic rings. The van der Waals surface area contributed by atoms with Gasteiger partial charge in [0.05, 0.1) is 18.8 Å². The van der Waals surface area contributed by atoms with Gasteiger partial charge in [-0.1, -0.05) is 0 Å². The number of aromatic nitrogens is 2. The van der Waals surface area contributed by atoms with Gasteiger partial charge in [0.1, 0.15) is 0 Å². The number of aryl methyl sites for hydroxylation is 1. The number of hydrogen-bond donors (Lipinski definition) is 2. The predicted molar refractivity (Wildman–Crippen MR) is 93.5 cm³/mol. The molecule has 2 heterocycles. The highest BCUT2D eigenvalue weighted by Gasteiger charge is 2.05. The Kier molecular flexibility index (Phi) is 5.83. The third-order valence-corrected chi connectivity index (χ3v) is 4.07. The van der Waals surface area contributed by atoms with Crippen molar-refractivity contribution in [2.45, 2.75) is 20.0 Å². The van der Waals surface area contributed by atoms with Crippen LogP contribution in [0.2, 0.25) is 0 Å². The fourth-order valence-electron chi connectivity index (χ4n) is 1.92. The summed E-state index contributed by atoms with van der Waals surface area (Å²) < 4.78 is 2.03. The first-order chi connectivity index (χ1) is 10.6. The molecule has 0 amide bonds. The molecule has 0 atom stereocenters. The number of anilines is 1. The Labute approximate surface area is 135 Å². The van der Waals surface area contributed by atoms with E-state index < -0.39 is 0 Å². The highest BCUT2D eigenvalue weighted by molar-refractivity contribution is 7.13. The average molecular weight is 320 g/mol. The molecule has 0 saturated heterocycles. The molecule has 0 saturated carbocycles. The highest BCUT2D eigenvalue weighted by atomic mass is 32.1. The number of thiazole rings is 1. The summed E-state index contributed by atoms with van der Waals surface area (Å²) in [6.07, 6.45) is 4.11. The lowest BCUT2D eigenvalue weighted by Gasteiger charge is -2.10. The summed E-state index contributed by atoms with van der Waals surface area (Å²) in [7, 11) is 6.02. The van der Waals surface area contributed by atoms with Crippen LogP contribution in [0.3, 0.4) is 0 Å². The molecular weight excluding hydrogens is 296 g/mol. The Morgan fingerprint density at radius 1 is 1.41 bits per heavy atom. The van der Waals surface area contributed by atoms with Gasteiger partial charge < -0.3 is 20.1 Å². The normalized spacial score (nSPS) is 11.5. The molecular formula is C15H24N6S. The Hall–Kier alpha value is -2.02. The van der Waals surface area contributed by atoms with Gasteiger partial charge in [0.25, 0.3) is 0 Å². The van der Waals surface area contributed by atoms with Gasteiger partial charge in [0.2, 0.25) is 0 Å². The topological polar surface area (TPSA) is 57.5 Å². The minimum Gasteiger partial charge on any atom is -0.357 e. The van der Waals surface area contributed by atoms with Crippen molar-refractivity contribution in [1.29, 1.82) is 0 Å². The van der Waals surface area contributed by atoms with Crippen molar-refractivity contribution in [3.05, 3.63) is 35.1 Å². The standard InChI is InChI=1S/C15H24N6S/c1-5-16-14(17-8-12-6-7-21(4)10-12)18-9-13-11-22-15(19-13)20(2)3/h6-7,10-11H,5,8-9H2,1-4H3,(H2,16,17,18). The van der Waals surface area contributed by atoms with E-state index in [0.717, 1.165) is 23.3 Å². The van der Waals surface area contributed by atoms with E-state index in [1.165, 1.54) is 5.56 Å². The van der Waals surface area contributed by atoms with Crippen LogP contribution < -0.4 is 15.5 Å². The summed E-state index contributed by atoms with van der Waals surface area (Å²) in [6, 6.07) is 2.08. The van der Waals surface area contributed by atoms with E-state index in [2.05, 4.69) is 45.2 Å². The molecule has 22 heavy (non-hydrogen) atoms. The molecule has 2 aromatic heterocycles. The van der Waals surface area contributed by atoms with E-state index in [1.807, 2.05) is 36.8 Å². The lowest BCUT2D eigenvalue weighted by atomic mass is 10.3. The van der Waals surface area contributed by atoms with Gasteiger partial charge in [-0.25, -0.2) is 9.98 Å². The number of nitrogens with zero attached hydrogens (tertiary/aromatic N) is 4. The smallest absolute Gasteiger partial charge is 0.191 e. The van der Waals surface area contributed by atoms with E-state index in [9.17, 15) is 0 Å². The minimum absolute atomic E-state index is 0.663. The van der Waals surface area contributed by atoms with Gasteiger partial charge in [-0.15, -0.1) is 11.3 Å². The van der Waals surface area contributed by atoms with Crippen LogP contribution in [0.4, 0.5) is 5.13 Å².